The number of hydrogen-bond donors (Lipinski definition) is 0. The van der Waals surface area contributed by atoms with E-state index in [2.05, 4.69) is 11.8 Å². The first-order chi connectivity index (χ1) is 10.7. The molecule has 1 spiro atoms. The molecule has 1 unspecified atom stereocenters. The summed E-state index contributed by atoms with van der Waals surface area (Å²) >= 11 is 0. The van der Waals surface area contributed by atoms with Gasteiger partial charge in [-0.2, -0.15) is 0 Å². The van der Waals surface area contributed by atoms with Crippen molar-refractivity contribution >= 4 is 6.29 Å². The molecule has 4 heteroatoms. The van der Waals surface area contributed by atoms with Crippen molar-refractivity contribution in [2.24, 2.45) is 11.3 Å². The van der Waals surface area contributed by atoms with Crippen LogP contribution in [0.1, 0.15) is 36.5 Å². The van der Waals surface area contributed by atoms with Crippen LogP contribution in [0.15, 0.2) is 18.2 Å². The second-order valence-corrected chi connectivity index (χ2v) is 6.53. The van der Waals surface area contributed by atoms with E-state index in [1.807, 2.05) is 6.07 Å². The van der Waals surface area contributed by atoms with E-state index in [4.69, 9.17) is 9.47 Å². The molecule has 22 heavy (non-hydrogen) atoms. The first-order valence-electron chi connectivity index (χ1n) is 8.19. The molecule has 0 radical (unpaired) electrons. The van der Waals surface area contributed by atoms with Gasteiger partial charge in [-0.15, -0.1) is 0 Å². The van der Waals surface area contributed by atoms with Crippen LogP contribution < -0.4 is 9.47 Å². The average molecular weight is 303 g/mol. The van der Waals surface area contributed by atoms with Crippen LogP contribution in [-0.4, -0.2) is 44.5 Å². The number of carbonyl (C=O) groups excluding carboxylic acids is 1. The minimum absolute atomic E-state index is 0.543. The summed E-state index contributed by atoms with van der Waals surface area (Å²) in [6, 6.07) is 5.33. The molecular weight excluding hydrogens is 278 g/mol. The molecule has 0 saturated heterocycles. The number of hydrogen-bond acceptors (Lipinski definition) is 4. The molecule has 2 aliphatic carbocycles. The molecule has 0 N–H and O–H groups in total. The minimum Gasteiger partial charge on any atom is -0.497 e. The fourth-order valence-electron chi connectivity index (χ4n) is 3.31. The predicted molar refractivity (Wildman–Crippen MR) is 85.8 cm³/mol. The Morgan fingerprint density at radius 2 is 2.23 bits per heavy atom. The maximum absolute atomic E-state index is 11.1. The lowest BCUT2D eigenvalue weighted by Gasteiger charge is -2.21. The molecule has 1 aromatic rings. The van der Waals surface area contributed by atoms with Crippen molar-refractivity contribution in [3.63, 3.8) is 0 Å². The number of ether oxygens (including phenoxy) is 2. The lowest BCUT2D eigenvalue weighted by atomic mass is 10.2. The Hall–Kier alpha value is -1.55. The van der Waals surface area contributed by atoms with Gasteiger partial charge in [0, 0.05) is 13.1 Å². The van der Waals surface area contributed by atoms with Crippen molar-refractivity contribution in [3.8, 4) is 11.5 Å². The second-order valence-electron chi connectivity index (χ2n) is 6.53. The number of aldehydes is 1. The summed E-state index contributed by atoms with van der Waals surface area (Å²) in [5.74, 6) is 2.23. The Bertz CT molecular complexity index is 539. The molecular formula is C18H25NO3. The maximum atomic E-state index is 11.1. The first-order valence-corrected chi connectivity index (χ1v) is 8.19. The Kier molecular flexibility index (Phi) is 4.39. The van der Waals surface area contributed by atoms with Gasteiger partial charge in [0.05, 0.1) is 12.7 Å². The number of carbonyl (C=O) groups is 1. The van der Waals surface area contributed by atoms with Crippen molar-refractivity contribution in [2.45, 2.75) is 26.2 Å². The summed E-state index contributed by atoms with van der Waals surface area (Å²) in [6.07, 6.45) is 5.13. The van der Waals surface area contributed by atoms with Crippen LogP contribution >= 0.6 is 0 Å². The number of methoxy groups -OCH3 is 1. The van der Waals surface area contributed by atoms with Crippen LogP contribution in [0.3, 0.4) is 0 Å². The van der Waals surface area contributed by atoms with Crippen molar-refractivity contribution < 1.29 is 14.3 Å². The van der Waals surface area contributed by atoms with Gasteiger partial charge in [0.2, 0.25) is 0 Å². The molecule has 3 rings (SSSR count). The van der Waals surface area contributed by atoms with Gasteiger partial charge >= 0.3 is 0 Å². The summed E-state index contributed by atoms with van der Waals surface area (Å²) in [7, 11) is 1.59. The van der Waals surface area contributed by atoms with Gasteiger partial charge in [-0.3, -0.25) is 9.69 Å². The Morgan fingerprint density at radius 3 is 2.82 bits per heavy atom. The minimum atomic E-state index is 0.543. The van der Waals surface area contributed by atoms with E-state index in [-0.39, 0.29) is 0 Å². The molecule has 2 aliphatic rings. The van der Waals surface area contributed by atoms with Gasteiger partial charge < -0.3 is 9.47 Å². The Morgan fingerprint density at radius 1 is 1.41 bits per heavy atom. The third kappa shape index (κ3) is 3.27. The standard InChI is InChI=1S/C18H25NO3/c1-3-19(12-15-11-18(15)6-7-18)8-9-22-17-5-4-16(21-2)10-14(17)13-20/h4-5,10,13,15H,3,6-9,11-12H2,1-2H3. The third-order valence-corrected chi connectivity index (χ3v) is 5.19. The van der Waals surface area contributed by atoms with Crippen LogP contribution in [-0.2, 0) is 0 Å². The number of benzene rings is 1. The van der Waals surface area contributed by atoms with Crippen LogP contribution in [0.25, 0.3) is 0 Å². The van der Waals surface area contributed by atoms with Crippen molar-refractivity contribution in [1.82, 2.24) is 4.90 Å². The molecule has 0 aliphatic heterocycles. The van der Waals surface area contributed by atoms with E-state index in [0.29, 0.717) is 23.7 Å². The smallest absolute Gasteiger partial charge is 0.153 e. The van der Waals surface area contributed by atoms with Crippen LogP contribution in [0, 0.1) is 11.3 Å². The summed E-state index contributed by atoms with van der Waals surface area (Å²) in [6.45, 7) is 5.97. The summed E-state index contributed by atoms with van der Waals surface area (Å²) in [5, 5.41) is 0. The van der Waals surface area contributed by atoms with E-state index in [9.17, 15) is 4.79 Å². The zero-order chi connectivity index (χ0) is 15.6. The van der Waals surface area contributed by atoms with Gasteiger partial charge in [-0.05, 0) is 55.3 Å². The van der Waals surface area contributed by atoms with Crippen LogP contribution in [0.4, 0.5) is 0 Å². The van der Waals surface area contributed by atoms with Crippen LogP contribution in [0.5, 0.6) is 11.5 Å². The molecule has 2 saturated carbocycles. The fraction of sp³-hybridized carbons (Fsp3) is 0.611. The zero-order valence-corrected chi connectivity index (χ0v) is 13.5. The SMILES string of the molecule is CCN(CCOc1ccc(OC)cc1C=O)CC1CC12CC2. The average Bonchev–Trinajstić information content (AvgIpc) is 3.46. The number of likely N-dealkylation sites (N-methyl/N-ethyl adjacent to an activating group) is 1. The highest BCUT2D eigenvalue weighted by Crippen LogP contribution is 2.70. The van der Waals surface area contributed by atoms with Crippen molar-refractivity contribution in [1.29, 1.82) is 0 Å². The monoisotopic (exact) mass is 303 g/mol. The van der Waals surface area contributed by atoms with E-state index in [1.165, 1.54) is 25.8 Å². The van der Waals surface area contributed by atoms with Gasteiger partial charge in [0.15, 0.2) is 6.29 Å². The Labute approximate surface area is 132 Å². The normalized spacial score (nSPS) is 21.0. The second kappa shape index (κ2) is 6.29. The fourth-order valence-corrected chi connectivity index (χ4v) is 3.31. The highest BCUT2D eigenvalue weighted by molar-refractivity contribution is 5.80. The molecule has 120 valence electrons. The van der Waals surface area contributed by atoms with Gasteiger partial charge in [0.25, 0.3) is 0 Å². The van der Waals surface area contributed by atoms with E-state index in [1.54, 1.807) is 19.2 Å². The largest absolute Gasteiger partial charge is 0.497 e. The predicted octanol–water partition coefficient (Wildman–Crippen LogP) is 3.01. The van der Waals surface area contributed by atoms with Gasteiger partial charge in [-0.25, -0.2) is 0 Å². The van der Waals surface area contributed by atoms with Crippen molar-refractivity contribution in [2.75, 3.05) is 33.4 Å². The van der Waals surface area contributed by atoms with Crippen LogP contribution in [0.2, 0.25) is 0 Å². The summed E-state index contributed by atoms with van der Waals surface area (Å²) < 4.78 is 10.9. The quantitative estimate of drug-likeness (QED) is 0.657. The molecule has 1 aromatic carbocycles. The zero-order valence-electron chi connectivity index (χ0n) is 13.5. The summed E-state index contributed by atoms with van der Waals surface area (Å²) in [4.78, 5) is 13.6. The number of rotatable bonds is 9. The lowest BCUT2D eigenvalue weighted by Crippen LogP contribution is -2.30. The lowest BCUT2D eigenvalue weighted by molar-refractivity contribution is 0.111. The molecule has 0 amide bonds. The van der Waals surface area contributed by atoms with E-state index in [0.717, 1.165) is 30.7 Å². The Balaban J connectivity index is 1.48. The third-order valence-electron chi connectivity index (χ3n) is 5.19. The number of nitrogens with zero attached hydrogens (tertiary/aromatic N) is 1. The molecule has 4 nitrogen and oxygen atoms in total. The van der Waals surface area contributed by atoms with E-state index < -0.39 is 0 Å². The maximum Gasteiger partial charge on any atom is 0.153 e. The van der Waals surface area contributed by atoms with Crippen molar-refractivity contribution in [3.05, 3.63) is 23.8 Å². The molecule has 0 bridgehead atoms. The molecule has 0 heterocycles. The highest BCUT2D eigenvalue weighted by atomic mass is 16.5. The first kappa shape index (κ1) is 15.3. The molecule has 1 atom stereocenters. The topological polar surface area (TPSA) is 38.8 Å². The molecule has 0 aromatic heterocycles. The van der Waals surface area contributed by atoms with Gasteiger partial charge in [0.1, 0.15) is 18.1 Å². The van der Waals surface area contributed by atoms with E-state index >= 15 is 0 Å². The summed E-state index contributed by atoms with van der Waals surface area (Å²) in [5.41, 5.74) is 1.30. The highest BCUT2D eigenvalue weighted by Gasteiger charge is 2.62. The molecule has 2 fully saturated rings. The van der Waals surface area contributed by atoms with Gasteiger partial charge in [-0.1, -0.05) is 6.92 Å².